The van der Waals surface area contributed by atoms with E-state index in [1.165, 1.54) is 13.1 Å². The van der Waals surface area contributed by atoms with Crippen molar-refractivity contribution in [1.29, 1.82) is 0 Å². The van der Waals surface area contributed by atoms with Crippen molar-refractivity contribution in [3.63, 3.8) is 0 Å². The minimum Gasteiger partial charge on any atom is -0.481 e. The number of carboxylic acids is 1. The van der Waals surface area contributed by atoms with Gasteiger partial charge in [0.1, 0.15) is 5.82 Å². The van der Waals surface area contributed by atoms with Crippen molar-refractivity contribution < 1.29 is 14.7 Å². The molecule has 0 aliphatic carbocycles. The van der Waals surface area contributed by atoms with Crippen molar-refractivity contribution in [2.75, 3.05) is 18.9 Å². The molecule has 1 amide bonds. The van der Waals surface area contributed by atoms with Crippen molar-refractivity contribution in [1.82, 2.24) is 15.5 Å². The van der Waals surface area contributed by atoms with Gasteiger partial charge in [0.05, 0.1) is 5.92 Å². The molecule has 116 valence electrons. The molecule has 1 unspecified atom stereocenters. The van der Waals surface area contributed by atoms with Gasteiger partial charge < -0.3 is 15.7 Å². The number of carbonyl (C=O) groups is 2. The van der Waals surface area contributed by atoms with E-state index in [0.717, 1.165) is 0 Å². The Morgan fingerprint density at radius 3 is 2.38 bits per heavy atom. The summed E-state index contributed by atoms with van der Waals surface area (Å²) >= 11 is 0. The number of nitrogens with one attached hydrogen (secondary N) is 2. The zero-order valence-corrected chi connectivity index (χ0v) is 12.8. The summed E-state index contributed by atoms with van der Waals surface area (Å²) in [5.74, 6) is -1.22. The maximum absolute atomic E-state index is 11.3. The number of aliphatic carboxylic acids is 1. The van der Waals surface area contributed by atoms with Gasteiger partial charge in [-0.3, -0.25) is 9.59 Å². The molecular weight excluding hydrogens is 272 g/mol. The highest BCUT2D eigenvalue weighted by molar-refractivity contribution is 5.91. The Morgan fingerprint density at radius 1 is 1.29 bits per heavy atom. The molecule has 1 atom stereocenters. The largest absolute Gasteiger partial charge is 0.481 e. The quantitative estimate of drug-likeness (QED) is 0.732. The van der Waals surface area contributed by atoms with Gasteiger partial charge in [-0.25, -0.2) is 0 Å². The van der Waals surface area contributed by atoms with Crippen LogP contribution < -0.4 is 10.6 Å². The maximum Gasteiger partial charge on any atom is 0.308 e. The highest BCUT2D eigenvalue weighted by Crippen LogP contribution is 2.24. The van der Waals surface area contributed by atoms with Gasteiger partial charge in [0.25, 0.3) is 5.91 Å². The molecule has 1 rings (SSSR count). The van der Waals surface area contributed by atoms with E-state index in [1.807, 2.05) is 20.8 Å². The third kappa shape index (κ3) is 5.76. The van der Waals surface area contributed by atoms with E-state index >= 15 is 0 Å². The topological polar surface area (TPSA) is 104 Å². The number of hydrogen-bond donors (Lipinski definition) is 3. The summed E-state index contributed by atoms with van der Waals surface area (Å²) in [5, 5.41) is 22.3. The van der Waals surface area contributed by atoms with Gasteiger partial charge in [0.2, 0.25) is 0 Å². The normalized spacial score (nSPS) is 12.6. The van der Waals surface area contributed by atoms with Gasteiger partial charge in [-0.05, 0) is 24.0 Å². The minimum absolute atomic E-state index is 0.0700. The molecule has 0 spiro atoms. The van der Waals surface area contributed by atoms with E-state index in [1.54, 1.807) is 6.07 Å². The third-order valence-corrected chi connectivity index (χ3v) is 2.86. The fourth-order valence-electron chi connectivity index (χ4n) is 1.89. The molecule has 1 aromatic rings. The van der Waals surface area contributed by atoms with Gasteiger partial charge in [0, 0.05) is 13.6 Å². The standard InChI is InChI=1S/C14H22N4O3/c1-14(2,3)7-9(13(20)21)8-16-11-6-5-10(17-18-11)12(19)15-4/h5-6,9H,7-8H2,1-4H3,(H,15,19)(H,16,18)(H,20,21). The van der Waals surface area contributed by atoms with Crippen LogP contribution in [0.5, 0.6) is 0 Å². The summed E-state index contributed by atoms with van der Waals surface area (Å²) < 4.78 is 0. The van der Waals surface area contributed by atoms with Crippen LogP contribution in [0.3, 0.4) is 0 Å². The van der Waals surface area contributed by atoms with E-state index in [9.17, 15) is 14.7 Å². The Hall–Kier alpha value is -2.18. The summed E-state index contributed by atoms with van der Waals surface area (Å²) in [6, 6.07) is 3.14. The second-order valence-corrected chi connectivity index (χ2v) is 6.06. The molecule has 1 heterocycles. The third-order valence-electron chi connectivity index (χ3n) is 2.86. The molecule has 0 aromatic carbocycles. The van der Waals surface area contributed by atoms with E-state index in [0.29, 0.717) is 12.2 Å². The second kappa shape index (κ2) is 7.01. The van der Waals surface area contributed by atoms with Gasteiger partial charge >= 0.3 is 5.97 Å². The van der Waals surface area contributed by atoms with Crippen LogP contribution in [0.1, 0.15) is 37.7 Å². The number of amides is 1. The van der Waals surface area contributed by atoms with Crippen LogP contribution in [0, 0.1) is 11.3 Å². The zero-order chi connectivity index (χ0) is 16.0. The predicted molar refractivity (Wildman–Crippen MR) is 79.1 cm³/mol. The SMILES string of the molecule is CNC(=O)c1ccc(NCC(CC(C)(C)C)C(=O)O)nn1. The lowest BCUT2D eigenvalue weighted by Crippen LogP contribution is -2.28. The molecule has 0 aliphatic heterocycles. The Labute approximate surface area is 124 Å². The maximum atomic E-state index is 11.3. The van der Waals surface area contributed by atoms with Crippen LogP contribution in [0.2, 0.25) is 0 Å². The first kappa shape index (κ1) is 16.9. The predicted octanol–water partition coefficient (Wildman–Crippen LogP) is 1.39. The molecule has 0 fully saturated rings. The Balaban J connectivity index is 2.64. The molecular formula is C14H22N4O3. The molecule has 0 bridgehead atoms. The van der Waals surface area contributed by atoms with Crippen LogP contribution in [0.4, 0.5) is 5.82 Å². The summed E-state index contributed by atoms with van der Waals surface area (Å²) in [7, 11) is 1.51. The van der Waals surface area contributed by atoms with Crippen molar-refractivity contribution in [2.45, 2.75) is 27.2 Å². The Kier molecular flexibility index (Phi) is 5.63. The smallest absolute Gasteiger partial charge is 0.308 e. The molecule has 3 N–H and O–H groups in total. The number of rotatable bonds is 6. The first-order chi connectivity index (χ1) is 9.73. The van der Waals surface area contributed by atoms with Crippen molar-refractivity contribution in [2.24, 2.45) is 11.3 Å². The number of carboxylic acid groups (broad SMARTS) is 1. The van der Waals surface area contributed by atoms with Gasteiger partial charge in [0.15, 0.2) is 5.69 Å². The van der Waals surface area contributed by atoms with Crippen LogP contribution in [0.25, 0.3) is 0 Å². The molecule has 0 saturated carbocycles. The first-order valence-electron chi connectivity index (χ1n) is 6.75. The van der Waals surface area contributed by atoms with E-state index in [-0.39, 0.29) is 23.6 Å². The zero-order valence-electron chi connectivity index (χ0n) is 12.8. The number of anilines is 1. The Morgan fingerprint density at radius 2 is 1.95 bits per heavy atom. The molecule has 7 heteroatoms. The highest BCUT2D eigenvalue weighted by atomic mass is 16.4. The van der Waals surface area contributed by atoms with Gasteiger partial charge in [-0.1, -0.05) is 20.8 Å². The van der Waals surface area contributed by atoms with Crippen molar-refractivity contribution in [3.05, 3.63) is 17.8 Å². The fourth-order valence-corrected chi connectivity index (χ4v) is 1.89. The molecule has 0 radical (unpaired) electrons. The summed E-state index contributed by atoms with van der Waals surface area (Å²) in [5.41, 5.74) is 0.145. The van der Waals surface area contributed by atoms with E-state index in [2.05, 4.69) is 20.8 Å². The second-order valence-electron chi connectivity index (χ2n) is 6.06. The molecule has 21 heavy (non-hydrogen) atoms. The fraction of sp³-hybridized carbons (Fsp3) is 0.571. The summed E-state index contributed by atoms with van der Waals surface area (Å²) in [6.45, 7) is 6.27. The minimum atomic E-state index is -0.840. The highest BCUT2D eigenvalue weighted by Gasteiger charge is 2.24. The van der Waals surface area contributed by atoms with E-state index < -0.39 is 11.9 Å². The average molecular weight is 294 g/mol. The van der Waals surface area contributed by atoms with E-state index in [4.69, 9.17) is 0 Å². The summed E-state index contributed by atoms with van der Waals surface area (Å²) in [4.78, 5) is 22.6. The lowest BCUT2D eigenvalue weighted by Gasteiger charge is -2.23. The number of hydrogen-bond acceptors (Lipinski definition) is 5. The molecule has 0 aliphatic rings. The van der Waals surface area contributed by atoms with Gasteiger partial charge in [-0.2, -0.15) is 0 Å². The summed E-state index contributed by atoms with van der Waals surface area (Å²) in [6.07, 6.45) is 0.555. The average Bonchev–Trinajstić information content (AvgIpc) is 2.41. The lowest BCUT2D eigenvalue weighted by molar-refractivity contribution is -0.142. The number of nitrogens with zero attached hydrogens (tertiary/aromatic N) is 2. The van der Waals surface area contributed by atoms with Crippen LogP contribution in [-0.4, -0.2) is 40.8 Å². The molecule has 1 aromatic heterocycles. The lowest BCUT2D eigenvalue weighted by atomic mass is 9.84. The molecule has 0 saturated heterocycles. The van der Waals surface area contributed by atoms with Crippen LogP contribution in [-0.2, 0) is 4.79 Å². The van der Waals surface area contributed by atoms with Crippen molar-refractivity contribution in [3.8, 4) is 0 Å². The number of aromatic nitrogens is 2. The molecule has 7 nitrogen and oxygen atoms in total. The van der Waals surface area contributed by atoms with Crippen molar-refractivity contribution >= 4 is 17.7 Å². The van der Waals surface area contributed by atoms with Crippen LogP contribution in [0.15, 0.2) is 12.1 Å². The first-order valence-corrected chi connectivity index (χ1v) is 6.75. The van der Waals surface area contributed by atoms with Crippen LogP contribution >= 0.6 is 0 Å². The Bertz CT molecular complexity index is 494. The monoisotopic (exact) mass is 294 g/mol. The van der Waals surface area contributed by atoms with Gasteiger partial charge in [-0.15, -0.1) is 10.2 Å². The number of carbonyl (C=O) groups excluding carboxylic acids is 1.